The SMILES string of the molecule is O=C(NCC(O)c1ccccc1)C1CCCc2sccc21. The molecule has 0 radical (unpaired) electrons. The maximum atomic E-state index is 12.4. The molecule has 1 aromatic heterocycles. The minimum absolute atomic E-state index is 0.0318. The number of fused-ring (bicyclic) bond motifs is 1. The van der Waals surface area contributed by atoms with Crippen molar-refractivity contribution >= 4 is 17.2 Å². The minimum atomic E-state index is -0.652. The van der Waals surface area contributed by atoms with Gasteiger partial charge in [-0.25, -0.2) is 0 Å². The molecule has 1 aliphatic rings. The van der Waals surface area contributed by atoms with Gasteiger partial charge in [0, 0.05) is 11.4 Å². The van der Waals surface area contributed by atoms with Gasteiger partial charge in [0.2, 0.25) is 5.91 Å². The highest BCUT2D eigenvalue weighted by molar-refractivity contribution is 7.10. The van der Waals surface area contributed by atoms with Gasteiger partial charge in [0.15, 0.2) is 0 Å². The summed E-state index contributed by atoms with van der Waals surface area (Å²) in [5.41, 5.74) is 2.01. The van der Waals surface area contributed by atoms with Crippen molar-refractivity contribution in [1.29, 1.82) is 0 Å². The molecule has 3 nitrogen and oxygen atoms in total. The third-order valence-electron chi connectivity index (χ3n) is 4.02. The third kappa shape index (κ3) is 3.17. The van der Waals surface area contributed by atoms with Crippen LogP contribution in [0, 0.1) is 0 Å². The molecular weight excluding hydrogens is 282 g/mol. The fraction of sp³-hybridized carbons (Fsp3) is 0.353. The van der Waals surface area contributed by atoms with Crippen molar-refractivity contribution < 1.29 is 9.90 Å². The van der Waals surface area contributed by atoms with Crippen molar-refractivity contribution in [2.75, 3.05) is 6.54 Å². The maximum Gasteiger partial charge on any atom is 0.227 e. The molecule has 3 rings (SSSR count). The van der Waals surface area contributed by atoms with E-state index in [1.165, 1.54) is 10.4 Å². The number of benzene rings is 1. The van der Waals surface area contributed by atoms with Crippen molar-refractivity contribution in [2.45, 2.75) is 31.3 Å². The summed E-state index contributed by atoms with van der Waals surface area (Å²) in [5.74, 6) is -0.0210. The van der Waals surface area contributed by atoms with E-state index in [0.29, 0.717) is 0 Å². The van der Waals surface area contributed by atoms with Crippen molar-refractivity contribution in [3.8, 4) is 0 Å². The van der Waals surface area contributed by atoms with Crippen molar-refractivity contribution in [3.05, 3.63) is 57.8 Å². The molecule has 21 heavy (non-hydrogen) atoms. The van der Waals surface area contributed by atoms with Gasteiger partial charge in [0.25, 0.3) is 0 Å². The lowest BCUT2D eigenvalue weighted by molar-refractivity contribution is -0.123. The number of nitrogens with one attached hydrogen (secondary N) is 1. The number of aryl methyl sites for hydroxylation is 1. The predicted octanol–water partition coefficient (Wildman–Crippen LogP) is 3.02. The zero-order valence-electron chi connectivity index (χ0n) is 11.8. The Morgan fingerprint density at radius 1 is 1.33 bits per heavy atom. The number of rotatable bonds is 4. The molecule has 2 N–H and O–H groups in total. The number of hydrogen-bond donors (Lipinski definition) is 2. The van der Waals surface area contributed by atoms with E-state index in [0.717, 1.165) is 24.8 Å². The smallest absolute Gasteiger partial charge is 0.227 e. The Morgan fingerprint density at radius 2 is 2.14 bits per heavy atom. The van der Waals surface area contributed by atoms with E-state index < -0.39 is 6.10 Å². The lowest BCUT2D eigenvalue weighted by Crippen LogP contribution is -2.33. The number of aliphatic hydroxyl groups is 1. The monoisotopic (exact) mass is 301 g/mol. The van der Waals surface area contributed by atoms with Gasteiger partial charge >= 0.3 is 0 Å². The molecule has 4 heteroatoms. The van der Waals surface area contributed by atoms with Gasteiger partial charge in [-0.2, -0.15) is 0 Å². The first-order chi connectivity index (χ1) is 10.3. The molecule has 0 saturated heterocycles. The molecule has 0 fully saturated rings. The van der Waals surface area contributed by atoms with E-state index in [1.807, 2.05) is 30.3 Å². The van der Waals surface area contributed by atoms with Crippen molar-refractivity contribution in [2.24, 2.45) is 0 Å². The number of carbonyl (C=O) groups is 1. The number of hydrogen-bond acceptors (Lipinski definition) is 3. The highest BCUT2D eigenvalue weighted by Crippen LogP contribution is 2.35. The summed E-state index contributed by atoms with van der Waals surface area (Å²) in [6, 6.07) is 11.5. The summed E-state index contributed by atoms with van der Waals surface area (Å²) in [7, 11) is 0. The molecule has 1 amide bonds. The van der Waals surface area contributed by atoms with Gasteiger partial charge in [0.1, 0.15) is 0 Å². The first-order valence-electron chi connectivity index (χ1n) is 7.32. The summed E-state index contributed by atoms with van der Waals surface area (Å²) in [6.07, 6.45) is 2.40. The van der Waals surface area contributed by atoms with Crippen LogP contribution in [-0.2, 0) is 11.2 Å². The van der Waals surface area contributed by atoms with Crippen LogP contribution in [0.15, 0.2) is 41.8 Å². The zero-order chi connectivity index (χ0) is 14.7. The van der Waals surface area contributed by atoms with Crippen LogP contribution >= 0.6 is 11.3 Å². The van der Waals surface area contributed by atoms with Crippen LogP contribution in [0.25, 0.3) is 0 Å². The molecule has 1 aliphatic carbocycles. The average molecular weight is 301 g/mol. The highest BCUT2D eigenvalue weighted by atomic mass is 32.1. The molecule has 2 atom stereocenters. The Labute approximate surface area is 128 Å². The second-order valence-electron chi connectivity index (χ2n) is 5.42. The number of amides is 1. The molecule has 0 bridgehead atoms. The quantitative estimate of drug-likeness (QED) is 0.912. The van der Waals surface area contributed by atoms with Crippen LogP contribution in [0.1, 0.15) is 40.9 Å². The first-order valence-corrected chi connectivity index (χ1v) is 8.20. The summed E-state index contributed by atoms with van der Waals surface area (Å²) >= 11 is 1.74. The van der Waals surface area contributed by atoms with Crippen LogP contribution in [-0.4, -0.2) is 17.6 Å². The van der Waals surface area contributed by atoms with Crippen LogP contribution < -0.4 is 5.32 Å². The summed E-state index contributed by atoms with van der Waals surface area (Å²) in [6.45, 7) is 0.263. The van der Waals surface area contributed by atoms with E-state index in [-0.39, 0.29) is 18.4 Å². The lowest BCUT2D eigenvalue weighted by atomic mass is 9.87. The van der Waals surface area contributed by atoms with Crippen LogP contribution in [0.3, 0.4) is 0 Å². The largest absolute Gasteiger partial charge is 0.387 e. The summed E-state index contributed by atoms with van der Waals surface area (Å²) in [5, 5.41) is 15.1. The van der Waals surface area contributed by atoms with Crippen LogP contribution in [0.4, 0.5) is 0 Å². The second-order valence-corrected chi connectivity index (χ2v) is 6.42. The van der Waals surface area contributed by atoms with Crippen LogP contribution in [0.2, 0.25) is 0 Å². The van der Waals surface area contributed by atoms with Gasteiger partial charge in [-0.15, -0.1) is 11.3 Å². The molecule has 0 saturated carbocycles. The average Bonchev–Trinajstić information content (AvgIpc) is 3.01. The fourth-order valence-corrected chi connectivity index (χ4v) is 3.86. The van der Waals surface area contributed by atoms with Gasteiger partial charge in [-0.1, -0.05) is 30.3 Å². The first kappa shape index (κ1) is 14.3. The predicted molar refractivity (Wildman–Crippen MR) is 84.4 cm³/mol. The maximum absolute atomic E-state index is 12.4. The molecule has 1 heterocycles. The van der Waals surface area contributed by atoms with Gasteiger partial charge in [0.05, 0.1) is 12.0 Å². The van der Waals surface area contributed by atoms with Gasteiger partial charge in [-0.05, 0) is 41.8 Å². The third-order valence-corrected chi connectivity index (χ3v) is 5.02. The minimum Gasteiger partial charge on any atom is -0.387 e. The Kier molecular flexibility index (Phi) is 4.36. The Morgan fingerprint density at radius 3 is 2.95 bits per heavy atom. The van der Waals surface area contributed by atoms with Gasteiger partial charge < -0.3 is 10.4 Å². The topological polar surface area (TPSA) is 49.3 Å². The van der Waals surface area contributed by atoms with E-state index >= 15 is 0 Å². The number of aliphatic hydroxyl groups excluding tert-OH is 1. The van der Waals surface area contributed by atoms with E-state index in [4.69, 9.17) is 0 Å². The van der Waals surface area contributed by atoms with Gasteiger partial charge in [-0.3, -0.25) is 4.79 Å². The summed E-state index contributed by atoms with van der Waals surface area (Å²) < 4.78 is 0. The molecule has 1 aromatic carbocycles. The highest BCUT2D eigenvalue weighted by Gasteiger charge is 2.27. The lowest BCUT2D eigenvalue weighted by Gasteiger charge is -2.22. The van der Waals surface area contributed by atoms with E-state index in [2.05, 4.69) is 16.8 Å². The molecule has 2 unspecified atom stereocenters. The zero-order valence-corrected chi connectivity index (χ0v) is 12.6. The molecule has 0 spiro atoms. The normalized spacial score (nSPS) is 18.8. The second kappa shape index (κ2) is 6.41. The molecule has 2 aromatic rings. The van der Waals surface area contributed by atoms with Crippen LogP contribution in [0.5, 0.6) is 0 Å². The molecular formula is C17H19NO2S. The Hall–Kier alpha value is -1.65. The van der Waals surface area contributed by atoms with E-state index in [1.54, 1.807) is 11.3 Å². The summed E-state index contributed by atoms with van der Waals surface area (Å²) in [4.78, 5) is 13.7. The molecule has 110 valence electrons. The Balaban J connectivity index is 1.61. The molecule has 0 aliphatic heterocycles. The number of thiophene rings is 1. The van der Waals surface area contributed by atoms with Crippen molar-refractivity contribution in [1.82, 2.24) is 5.32 Å². The van der Waals surface area contributed by atoms with E-state index in [9.17, 15) is 9.90 Å². The Bertz CT molecular complexity index is 608. The standard InChI is InChI=1S/C17H19NO2S/c19-15(12-5-2-1-3-6-12)11-18-17(20)14-7-4-8-16-13(14)9-10-21-16/h1-3,5-6,9-10,14-15,19H,4,7-8,11H2,(H,18,20). The fourth-order valence-electron chi connectivity index (χ4n) is 2.87. The number of carbonyl (C=O) groups excluding carboxylic acids is 1. The van der Waals surface area contributed by atoms with Crippen molar-refractivity contribution in [3.63, 3.8) is 0 Å².